The number of piperidine rings is 1. The van der Waals surface area contributed by atoms with Crippen molar-refractivity contribution in [1.82, 2.24) is 5.32 Å². The maximum atomic E-state index is 13.6. The van der Waals surface area contributed by atoms with E-state index in [9.17, 15) is 9.65 Å². The molecule has 1 aliphatic rings. The van der Waals surface area contributed by atoms with Gasteiger partial charge in [0, 0.05) is 5.56 Å². The van der Waals surface area contributed by atoms with E-state index in [4.69, 9.17) is 0 Å². The van der Waals surface area contributed by atoms with Gasteiger partial charge in [-0.3, -0.25) is 0 Å². The van der Waals surface area contributed by atoms with Gasteiger partial charge in [0.1, 0.15) is 5.82 Å². The fraction of sp³-hybridized carbons (Fsp3) is 0.417. The lowest BCUT2D eigenvalue weighted by molar-refractivity contribution is 0.370. The SMILES string of the molecule is Cl.N#CC1(c2ccccc2F)CCNCC1. The zero-order chi connectivity index (χ0) is 10.7. The van der Waals surface area contributed by atoms with Crippen molar-refractivity contribution in [3.63, 3.8) is 0 Å². The third-order valence-electron chi connectivity index (χ3n) is 3.06. The molecule has 1 aromatic rings. The third-order valence-corrected chi connectivity index (χ3v) is 3.06. The van der Waals surface area contributed by atoms with E-state index in [-0.39, 0.29) is 18.2 Å². The van der Waals surface area contributed by atoms with Gasteiger partial charge in [-0.05, 0) is 32.0 Å². The topological polar surface area (TPSA) is 35.8 Å². The first-order valence-electron chi connectivity index (χ1n) is 5.15. The summed E-state index contributed by atoms with van der Waals surface area (Å²) in [5.74, 6) is -0.263. The zero-order valence-electron chi connectivity index (χ0n) is 8.87. The van der Waals surface area contributed by atoms with Gasteiger partial charge in [0.2, 0.25) is 0 Å². The van der Waals surface area contributed by atoms with Gasteiger partial charge in [0.05, 0.1) is 11.5 Å². The number of nitrogens with zero attached hydrogens (tertiary/aromatic N) is 1. The van der Waals surface area contributed by atoms with Crippen LogP contribution in [0, 0.1) is 17.1 Å². The Bertz CT molecular complexity index is 394. The van der Waals surface area contributed by atoms with Crippen LogP contribution in [0.5, 0.6) is 0 Å². The molecule has 0 saturated carbocycles. The fourth-order valence-corrected chi connectivity index (χ4v) is 2.14. The molecule has 4 heteroatoms. The van der Waals surface area contributed by atoms with E-state index >= 15 is 0 Å². The average Bonchev–Trinajstić information content (AvgIpc) is 2.30. The first kappa shape index (κ1) is 13.0. The number of hydrogen-bond acceptors (Lipinski definition) is 2. The summed E-state index contributed by atoms with van der Waals surface area (Å²) < 4.78 is 13.6. The number of nitrogens with one attached hydrogen (secondary N) is 1. The fourth-order valence-electron chi connectivity index (χ4n) is 2.14. The van der Waals surface area contributed by atoms with Gasteiger partial charge < -0.3 is 5.32 Å². The van der Waals surface area contributed by atoms with Crippen molar-refractivity contribution < 1.29 is 4.39 Å². The van der Waals surface area contributed by atoms with E-state index in [0.717, 1.165) is 13.1 Å². The van der Waals surface area contributed by atoms with Crippen molar-refractivity contribution in [3.8, 4) is 6.07 Å². The van der Waals surface area contributed by atoms with Gasteiger partial charge in [0.25, 0.3) is 0 Å². The van der Waals surface area contributed by atoms with Gasteiger partial charge in [-0.25, -0.2) is 4.39 Å². The van der Waals surface area contributed by atoms with Crippen LogP contribution in [0.25, 0.3) is 0 Å². The molecule has 0 amide bonds. The summed E-state index contributed by atoms with van der Waals surface area (Å²) in [4.78, 5) is 0. The van der Waals surface area contributed by atoms with Gasteiger partial charge >= 0.3 is 0 Å². The van der Waals surface area contributed by atoms with Crippen LogP contribution in [0.2, 0.25) is 0 Å². The Labute approximate surface area is 101 Å². The average molecular weight is 241 g/mol. The van der Waals surface area contributed by atoms with Gasteiger partial charge in [-0.1, -0.05) is 18.2 Å². The molecule has 0 aromatic heterocycles. The molecular formula is C12H14ClFN2. The van der Waals surface area contributed by atoms with Crippen molar-refractivity contribution in [1.29, 1.82) is 5.26 Å². The molecule has 1 aromatic carbocycles. The molecule has 86 valence electrons. The van der Waals surface area contributed by atoms with Crippen LogP contribution in [-0.4, -0.2) is 13.1 Å². The molecule has 1 saturated heterocycles. The number of nitriles is 1. The lowest BCUT2D eigenvalue weighted by atomic mass is 9.74. The second kappa shape index (κ2) is 5.29. The molecule has 0 radical (unpaired) electrons. The summed E-state index contributed by atoms with van der Waals surface area (Å²) >= 11 is 0. The Balaban J connectivity index is 0.00000128. The first-order chi connectivity index (χ1) is 7.28. The van der Waals surface area contributed by atoms with Crippen molar-refractivity contribution in [2.24, 2.45) is 0 Å². The minimum Gasteiger partial charge on any atom is -0.317 e. The van der Waals surface area contributed by atoms with E-state index in [1.807, 2.05) is 0 Å². The molecule has 0 atom stereocenters. The maximum Gasteiger partial charge on any atom is 0.128 e. The van der Waals surface area contributed by atoms with E-state index in [1.165, 1.54) is 6.07 Å². The van der Waals surface area contributed by atoms with E-state index in [1.54, 1.807) is 18.2 Å². The number of rotatable bonds is 1. The molecule has 0 aliphatic carbocycles. The smallest absolute Gasteiger partial charge is 0.128 e. The molecule has 1 fully saturated rings. The second-order valence-electron chi connectivity index (χ2n) is 3.92. The van der Waals surface area contributed by atoms with Crippen molar-refractivity contribution >= 4 is 12.4 Å². The van der Waals surface area contributed by atoms with Gasteiger partial charge in [-0.2, -0.15) is 5.26 Å². The highest BCUT2D eigenvalue weighted by atomic mass is 35.5. The Morgan fingerprint density at radius 2 is 1.88 bits per heavy atom. The van der Waals surface area contributed by atoms with E-state index in [0.29, 0.717) is 18.4 Å². The summed E-state index contributed by atoms with van der Waals surface area (Å²) in [6.45, 7) is 1.56. The van der Waals surface area contributed by atoms with E-state index < -0.39 is 5.41 Å². The quantitative estimate of drug-likeness (QED) is 0.818. The minimum atomic E-state index is -0.628. The molecular weight excluding hydrogens is 227 g/mol. The lowest BCUT2D eigenvalue weighted by Gasteiger charge is -2.31. The second-order valence-corrected chi connectivity index (χ2v) is 3.92. The van der Waals surface area contributed by atoms with Crippen LogP contribution in [0.1, 0.15) is 18.4 Å². The Morgan fingerprint density at radius 1 is 1.25 bits per heavy atom. The molecule has 2 rings (SSSR count). The van der Waals surface area contributed by atoms with Gasteiger partial charge in [-0.15, -0.1) is 12.4 Å². The summed E-state index contributed by atoms with van der Waals surface area (Å²) in [5, 5.41) is 12.5. The normalized spacial score (nSPS) is 18.2. The summed E-state index contributed by atoms with van der Waals surface area (Å²) in [6.07, 6.45) is 1.37. The number of hydrogen-bond donors (Lipinski definition) is 1. The molecule has 0 unspecified atom stereocenters. The molecule has 1 N–H and O–H groups in total. The molecule has 0 spiro atoms. The monoisotopic (exact) mass is 240 g/mol. The van der Waals surface area contributed by atoms with Crippen LogP contribution in [-0.2, 0) is 5.41 Å². The Kier molecular flexibility index (Phi) is 4.28. The maximum absolute atomic E-state index is 13.6. The van der Waals surface area contributed by atoms with Crippen molar-refractivity contribution in [3.05, 3.63) is 35.6 Å². The number of benzene rings is 1. The van der Waals surface area contributed by atoms with E-state index in [2.05, 4.69) is 11.4 Å². The minimum absolute atomic E-state index is 0. The molecule has 2 nitrogen and oxygen atoms in total. The van der Waals surface area contributed by atoms with Crippen molar-refractivity contribution in [2.75, 3.05) is 13.1 Å². The summed E-state index contributed by atoms with van der Waals surface area (Å²) in [7, 11) is 0. The van der Waals surface area contributed by atoms with Crippen LogP contribution in [0.4, 0.5) is 4.39 Å². The zero-order valence-corrected chi connectivity index (χ0v) is 9.69. The van der Waals surface area contributed by atoms with Crippen LogP contribution in [0.3, 0.4) is 0 Å². The standard InChI is InChI=1S/C12H13FN2.ClH/c13-11-4-2-1-3-10(11)12(9-14)5-7-15-8-6-12;/h1-4,15H,5-8H2;1H. The molecule has 1 aliphatic heterocycles. The Hall–Kier alpha value is -1.11. The number of halogens is 2. The van der Waals surface area contributed by atoms with Crippen LogP contribution >= 0.6 is 12.4 Å². The predicted molar refractivity (Wildman–Crippen MR) is 63.0 cm³/mol. The van der Waals surface area contributed by atoms with Crippen LogP contribution in [0.15, 0.2) is 24.3 Å². The molecule has 0 bridgehead atoms. The summed E-state index contributed by atoms with van der Waals surface area (Å²) in [5.41, 5.74) is -0.0784. The Morgan fingerprint density at radius 3 is 2.44 bits per heavy atom. The largest absolute Gasteiger partial charge is 0.317 e. The van der Waals surface area contributed by atoms with Gasteiger partial charge in [0.15, 0.2) is 0 Å². The highest BCUT2D eigenvalue weighted by Crippen LogP contribution is 2.34. The van der Waals surface area contributed by atoms with Crippen LogP contribution < -0.4 is 5.32 Å². The summed E-state index contributed by atoms with van der Waals surface area (Å²) in [6, 6.07) is 8.90. The highest BCUT2D eigenvalue weighted by Gasteiger charge is 2.35. The molecule has 16 heavy (non-hydrogen) atoms. The first-order valence-corrected chi connectivity index (χ1v) is 5.15. The third kappa shape index (κ3) is 2.18. The molecule has 1 heterocycles. The van der Waals surface area contributed by atoms with Crippen molar-refractivity contribution in [2.45, 2.75) is 18.3 Å². The predicted octanol–water partition coefficient (Wildman–Crippen LogP) is 2.39. The lowest BCUT2D eigenvalue weighted by Crippen LogP contribution is -2.39. The highest BCUT2D eigenvalue weighted by molar-refractivity contribution is 5.85.